The molecule has 1 aliphatic rings. The number of ether oxygens (including phenoxy) is 1. The molecule has 0 aliphatic carbocycles. The first-order valence-electron chi connectivity index (χ1n) is 6.42. The number of morpholine rings is 1. The van der Waals surface area contributed by atoms with E-state index in [0.29, 0.717) is 6.04 Å². The first kappa shape index (κ1) is 13.7. The summed E-state index contributed by atoms with van der Waals surface area (Å²) in [5.41, 5.74) is 1.10. The summed E-state index contributed by atoms with van der Waals surface area (Å²) in [4.78, 5) is 11.3. The summed E-state index contributed by atoms with van der Waals surface area (Å²) < 4.78 is 5.75. The molecule has 2 atom stereocenters. The largest absolute Gasteiger partial charge is 0.373 e. The Bertz CT molecular complexity index is 413. The zero-order valence-corrected chi connectivity index (χ0v) is 12.8. The average Bonchev–Trinajstić information content (AvgIpc) is 2.38. The molecule has 1 fully saturated rings. The Hall–Kier alpha value is -0.680. The lowest BCUT2D eigenvalue weighted by Gasteiger charge is -2.38. The quantitative estimate of drug-likeness (QED) is 0.803. The van der Waals surface area contributed by atoms with Crippen molar-refractivity contribution in [1.82, 2.24) is 9.97 Å². The molecular formula is C13H20BrN3O. The zero-order chi connectivity index (χ0) is 13.1. The SMILES string of the molecule is CCc1cc(N2CC(CBr)OCC2C)nc(C)n1. The third kappa shape index (κ3) is 3.01. The van der Waals surface area contributed by atoms with Crippen molar-refractivity contribution in [2.75, 3.05) is 23.4 Å². The third-order valence-electron chi connectivity index (χ3n) is 3.21. The van der Waals surface area contributed by atoms with Gasteiger partial charge in [-0.15, -0.1) is 0 Å². The van der Waals surface area contributed by atoms with E-state index in [4.69, 9.17) is 4.74 Å². The number of hydrogen-bond acceptors (Lipinski definition) is 4. The van der Waals surface area contributed by atoms with Crippen LogP contribution in [0.2, 0.25) is 0 Å². The van der Waals surface area contributed by atoms with Gasteiger partial charge in [-0.1, -0.05) is 22.9 Å². The first-order valence-corrected chi connectivity index (χ1v) is 7.55. The molecule has 1 aromatic rings. The smallest absolute Gasteiger partial charge is 0.132 e. The molecule has 1 saturated heterocycles. The van der Waals surface area contributed by atoms with Crippen molar-refractivity contribution in [2.24, 2.45) is 0 Å². The molecule has 1 aliphatic heterocycles. The maximum atomic E-state index is 5.75. The van der Waals surface area contributed by atoms with Crippen molar-refractivity contribution in [2.45, 2.75) is 39.3 Å². The summed E-state index contributed by atoms with van der Waals surface area (Å²) in [7, 11) is 0. The van der Waals surface area contributed by atoms with E-state index in [9.17, 15) is 0 Å². The van der Waals surface area contributed by atoms with Gasteiger partial charge in [0.2, 0.25) is 0 Å². The Morgan fingerprint density at radius 1 is 1.50 bits per heavy atom. The number of halogens is 1. The van der Waals surface area contributed by atoms with Gasteiger partial charge in [-0.25, -0.2) is 9.97 Å². The Balaban J connectivity index is 2.25. The van der Waals surface area contributed by atoms with Gasteiger partial charge >= 0.3 is 0 Å². The minimum absolute atomic E-state index is 0.238. The molecule has 0 saturated carbocycles. The maximum absolute atomic E-state index is 5.75. The molecule has 2 rings (SSSR count). The van der Waals surface area contributed by atoms with Gasteiger partial charge in [0.25, 0.3) is 0 Å². The van der Waals surface area contributed by atoms with E-state index in [1.54, 1.807) is 0 Å². The summed E-state index contributed by atoms with van der Waals surface area (Å²) in [5.74, 6) is 1.87. The monoisotopic (exact) mass is 313 g/mol. The predicted molar refractivity (Wildman–Crippen MR) is 76.5 cm³/mol. The second-order valence-electron chi connectivity index (χ2n) is 4.73. The van der Waals surface area contributed by atoms with Crippen molar-refractivity contribution in [1.29, 1.82) is 0 Å². The third-order valence-corrected chi connectivity index (χ3v) is 3.93. The fraction of sp³-hybridized carbons (Fsp3) is 0.692. The molecule has 0 amide bonds. The summed E-state index contributed by atoms with van der Waals surface area (Å²) in [6.07, 6.45) is 1.18. The lowest BCUT2D eigenvalue weighted by Crippen LogP contribution is -2.49. The normalized spacial score (nSPS) is 24.3. The Morgan fingerprint density at radius 3 is 2.94 bits per heavy atom. The maximum Gasteiger partial charge on any atom is 0.132 e. The van der Waals surface area contributed by atoms with Gasteiger partial charge in [-0.2, -0.15) is 0 Å². The summed E-state index contributed by atoms with van der Waals surface area (Å²) >= 11 is 3.49. The highest BCUT2D eigenvalue weighted by Gasteiger charge is 2.26. The van der Waals surface area contributed by atoms with E-state index >= 15 is 0 Å². The van der Waals surface area contributed by atoms with Crippen LogP contribution < -0.4 is 4.90 Å². The molecule has 5 heteroatoms. The fourth-order valence-electron chi connectivity index (χ4n) is 2.17. The highest BCUT2D eigenvalue weighted by atomic mass is 79.9. The lowest BCUT2D eigenvalue weighted by atomic mass is 10.2. The topological polar surface area (TPSA) is 38.2 Å². The number of anilines is 1. The van der Waals surface area contributed by atoms with Crippen molar-refractivity contribution in [3.8, 4) is 0 Å². The lowest BCUT2D eigenvalue weighted by molar-refractivity contribution is 0.0376. The van der Waals surface area contributed by atoms with E-state index < -0.39 is 0 Å². The first-order chi connectivity index (χ1) is 8.63. The average molecular weight is 314 g/mol. The highest BCUT2D eigenvalue weighted by molar-refractivity contribution is 9.09. The van der Waals surface area contributed by atoms with Crippen LogP contribution in [0.1, 0.15) is 25.4 Å². The van der Waals surface area contributed by atoms with E-state index in [-0.39, 0.29) is 6.10 Å². The van der Waals surface area contributed by atoms with Crippen molar-refractivity contribution < 1.29 is 4.74 Å². The molecular weight excluding hydrogens is 294 g/mol. The number of alkyl halides is 1. The molecule has 4 nitrogen and oxygen atoms in total. The number of hydrogen-bond donors (Lipinski definition) is 0. The van der Waals surface area contributed by atoms with Crippen LogP contribution in [-0.2, 0) is 11.2 Å². The minimum atomic E-state index is 0.238. The molecule has 0 aromatic carbocycles. The molecule has 0 bridgehead atoms. The van der Waals surface area contributed by atoms with E-state index in [1.807, 2.05) is 6.92 Å². The molecule has 1 aromatic heterocycles. The standard InChI is InChI=1S/C13H20BrN3O/c1-4-11-5-13(16-10(3)15-11)17-7-12(6-14)18-8-9(17)2/h5,9,12H,4,6-8H2,1-3H3. The van der Waals surface area contributed by atoms with Crippen LogP contribution in [0.15, 0.2) is 6.07 Å². The molecule has 100 valence electrons. The Kier molecular flexibility index (Phi) is 4.56. The summed E-state index contributed by atoms with van der Waals surface area (Å²) in [6.45, 7) is 7.88. The van der Waals surface area contributed by atoms with Crippen molar-refractivity contribution >= 4 is 21.7 Å². The van der Waals surface area contributed by atoms with E-state index in [0.717, 1.165) is 42.2 Å². The van der Waals surface area contributed by atoms with Crippen LogP contribution >= 0.6 is 15.9 Å². The van der Waals surface area contributed by atoms with Crippen LogP contribution in [0.5, 0.6) is 0 Å². The second kappa shape index (κ2) is 5.97. The number of rotatable bonds is 3. The number of aryl methyl sites for hydroxylation is 2. The number of nitrogens with zero attached hydrogens (tertiary/aromatic N) is 3. The summed E-state index contributed by atoms with van der Waals surface area (Å²) in [6, 6.07) is 2.46. The molecule has 18 heavy (non-hydrogen) atoms. The zero-order valence-electron chi connectivity index (χ0n) is 11.2. The van der Waals surface area contributed by atoms with Gasteiger partial charge in [0.15, 0.2) is 0 Å². The highest BCUT2D eigenvalue weighted by Crippen LogP contribution is 2.21. The molecule has 2 unspecified atom stereocenters. The van der Waals surface area contributed by atoms with Crippen LogP contribution in [-0.4, -0.2) is 40.6 Å². The van der Waals surface area contributed by atoms with Gasteiger partial charge in [0.05, 0.1) is 18.8 Å². The molecule has 0 N–H and O–H groups in total. The minimum Gasteiger partial charge on any atom is -0.373 e. The van der Waals surface area contributed by atoms with Crippen LogP contribution in [0, 0.1) is 6.92 Å². The van der Waals surface area contributed by atoms with Gasteiger partial charge in [0.1, 0.15) is 11.6 Å². The Labute approximate surface area is 117 Å². The predicted octanol–water partition coefficient (Wildman–Crippen LogP) is 2.34. The van der Waals surface area contributed by atoms with Crippen LogP contribution in [0.3, 0.4) is 0 Å². The van der Waals surface area contributed by atoms with Crippen LogP contribution in [0.25, 0.3) is 0 Å². The second-order valence-corrected chi connectivity index (χ2v) is 5.38. The molecule has 0 radical (unpaired) electrons. The van der Waals surface area contributed by atoms with Gasteiger partial charge in [0, 0.05) is 23.6 Å². The summed E-state index contributed by atoms with van der Waals surface area (Å²) in [5, 5.41) is 0.862. The van der Waals surface area contributed by atoms with E-state index in [2.05, 4.69) is 50.7 Å². The molecule has 2 heterocycles. The van der Waals surface area contributed by atoms with Crippen LogP contribution in [0.4, 0.5) is 5.82 Å². The molecule has 0 spiro atoms. The number of aromatic nitrogens is 2. The van der Waals surface area contributed by atoms with Gasteiger partial charge < -0.3 is 9.64 Å². The van der Waals surface area contributed by atoms with Gasteiger partial charge in [-0.05, 0) is 20.3 Å². The van der Waals surface area contributed by atoms with E-state index in [1.165, 1.54) is 0 Å². The van der Waals surface area contributed by atoms with Crippen molar-refractivity contribution in [3.63, 3.8) is 0 Å². The fourth-order valence-corrected chi connectivity index (χ4v) is 2.56. The van der Waals surface area contributed by atoms with Crippen molar-refractivity contribution in [3.05, 3.63) is 17.6 Å². The van der Waals surface area contributed by atoms with Gasteiger partial charge in [-0.3, -0.25) is 0 Å². The Morgan fingerprint density at radius 2 is 2.28 bits per heavy atom.